The van der Waals surface area contributed by atoms with Gasteiger partial charge in [0, 0.05) is 6.92 Å². The summed E-state index contributed by atoms with van der Waals surface area (Å²) in [4.78, 5) is 22.1. The van der Waals surface area contributed by atoms with Gasteiger partial charge in [0.05, 0.1) is 25.3 Å². The number of rotatable bonds is 6. The van der Waals surface area contributed by atoms with Crippen molar-refractivity contribution in [3.8, 4) is 5.75 Å². The Morgan fingerprint density at radius 1 is 1.28 bits per heavy atom. The van der Waals surface area contributed by atoms with Crippen LogP contribution >= 0.6 is 0 Å². The lowest BCUT2D eigenvalue weighted by Gasteiger charge is -2.11. The highest BCUT2D eigenvalue weighted by Crippen LogP contribution is 2.23. The van der Waals surface area contributed by atoms with Gasteiger partial charge in [-0.05, 0) is 19.1 Å². The van der Waals surface area contributed by atoms with Gasteiger partial charge in [-0.25, -0.2) is 0 Å². The molecule has 0 aromatic heterocycles. The van der Waals surface area contributed by atoms with Gasteiger partial charge < -0.3 is 14.8 Å². The molecule has 0 aliphatic rings. The number of hydrogen-bond acceptors (Lipinski definition) is 4. The molecule has 1 rings (SSSR count). The number of ether oxygens (including phenoxy) is 2. The van der Waals surface area contributed by atoms with E-state index in [1.807, 2.05) is 0 Å². The predicted octanol–water partition coefficient (Wildman–Crippen LogP) is 1.98. The maximum absolute atomic E-state index is 11.1. The van der Waals surface area contributed by atoms with Crippen LogP contribution in [0.5, 0.6) is 5.75 Å². The molecule has 1 N–H and O–H groups in total. The highest BCUT2D eigenvalue weighted by atomic mass is 16.5. The Kier molecular flexibility index (Phi) is 5.70. The van der Waals surface area contributed by atoms with Crippen molar-refractivity contribution in [3.05, 3.63) is 24.3 Å². The van der Waals surface area contributed by atoms with Gasteiger partial charge in [-0.15, -0.1) is 0 Å². The minimum atomic E-state index is -0.297. The van der Waals surface area contributed by atoms with Crippen molar-refractivity contribution in [2.24, 2.45) is 0 Å². The zero-order chi connectivity index (χ0) is 13.4. The van der Waals surface area contributed by atoms with Crippen LogP contribution in [0, 0.1) is 0 Å². The number of hydrogen-bond donors (Lipinski definition) is 1. The lowest BCUT2D eigenvalue weighted by Crippen LogP contribution is -2.11. The second kappa shape index (κ2) is 7.32. The van der Waals surface area contributed by atoms with E-state index in [9.17, 15) is 9.59 Å². The van der Waals surface area contributed by atoms with Crippen molar-refractivity contribution in [1.82, 2.24) is 0 Å². The number of benzene rings is 1. The van der Waals surface area contributed by atoms with E-state index in [1.54, 1.807) is 31.2 Å². The molecule has 0 spiro atoms. The minimum absolute atomic E-state index is 0.170. The second-order valence-corrected chi connectivity index (χ2v) is 3.58. The van der Waals surface area contributed by atoms with Crippen molar-refractivity contribution in [1.29, 1.82) is 0 Å². The number of carbonyl (C=O) groups excluding carboxylic acids is 2. The van der Waals surface area contributed by atoms with Gasteiger partial charge in [0.25, 0.3) is 0 Å². The Labute approximate surface area is 106 Å². The molecule has 0 radical (unpaired) electrons. The Morgan fingerprint density at radius 3 is 2.67 bits per heavy atom. The molecule has 0 aliphatic carbocycles. The largest absolute Gasteiger partial charge is 0.491 e. The van der Waals surface area contributed by atoms with Crippen LogP contribution in [0.3, 0.4) is 0 Å². The van der Waals surface area contributed by atoms with Gasteiger partial charge in [0.15, 0.2) is 0 Å². The van der Waals surface area contributed by atoms with E-state index in [2.05, 4.69) is 5.32 Å². The average Bonchev–Trinajstić information content (AvgIpc) is 2.31. The van der Waals surface area contributed by atoms with Crippen molar-refractivity contribution < 1.29 is 19.1 Å². The van der Waals surface area contributed by atoms with Crippen LogP contribution in [-0.2, 0) is 14.3 Å². The number of anilines is 1. The summed E-state index contributed by atoms with van der Waals surface area (Å²) < 4.78 is 10.2. The highest BCUT2D eigenvalue weighted by Gasteiger charge is 2.06. The third kappa shape index (κ3) is 4.86. The third-order valence-electron chi connectivity index (χ3n) is 2.07. The van der Waals surface area contributed by atoms with Crippen LogP contribution in [-0.4, -0.2) is 25.1 Å². The van der Waals surface area contributed by atoms with Gasteiger partial charge in [-0.1, -0.05) is 12.1 Å². The summed E-state index contributed by atoms with van der Waals surface area (Å²) in [6.07, 6.45) is 0.183. The SMILES string of the molecule is CCOC(=O)CCOc1ccccc1NC(C)=O. The maximum Gasteiger partial charge on any atom is 0.309 e. The molecule has 1 aromatic rings. The van der Waals surface area contributed by atoms with E-state index >= 15 is 0 Å². The standard InChI is InChI=1S/C13H17NO4/c1-3-17-13(16)8-9-18-12-7-5-4-6-11(12)14-10(2)15/h4-7H,3,8-9H2,1-2H3,(H,14,15). The number of amides is 1. The Balaban J connectivity index is 2.51. The smallest absolute Gasteiger partial charge is 0.309 e. The molecule has 18 heavy (non-hydrogen) atoms. The molecule has 0 fully saturated rings. The van der Waals surface area contributed by atoms with Crippen LogP contribution in [0.15, 0.2) is 24.3 Å². The fraction of sp³-hybridized carbons (Fsp3) is 0.385. The topological polar surface area (TPSA) is 64.6 Å². The molecule has 0 atom stereocenters. The molecule has 0 heterocycles. The fourth-order valence-corrected chi connectivity index (χ4v) is 1.36. The molecular formula is C13H17NO4. The molecule has 0 saturated carbocycles. The van der Waals surface area contributed by atoms with E-state index < -0.39 is 0 Å². The molecule has 0 saturated heterocycles. The van der Waals surface area contributed by atoms with Crippen LogP contribution < -0.4 is 10.1 Å². The lowest BCUT2D eigenvalue weighted by molar-refractivity contribution is -0.143. The molecule has 0 aliphatic heterocycles. The third-order valence-corrected chi connectivity index (χ3v) is 2.07. The van der Waals surface area contributed by atoms with Crippen molar-refractivity contribution >= 4 is 17.6 Å². The molecule has 98 valence electrons. The number of nitrogens with one attached hydrogen (secondary N) is 1. The minimum Gasteiger partial charge on any atom is -0.491 e. The van der Waals surface area contributed by atoms with Gasteiger partial charge >= 0.3 is 5.97 Å². The summed E-state index contributed by atoms with van der Waals surface area (Å²) in [5.41, 5.74) is 0.592. The van der Waals surface area contributed by atoms with E-state index in [0.717, 1.165) is 0 Å². The molecule has 5 heteroatoms. The number of para-hydroxylation sites is 2. The van der Waals surface area contributed by atoms with E-state index in [4.69, 9.17) is 9.47 Å². The first kappa shape index (κ1) is 14.0. The summed E-state index contributed by atoms with van der Waals surface area (Å²) in [6.45, 7) is 3.76. The van der Waals surface area contributed by atoms with E-state index in [-0.39, 0.29) is 24.9 Å². The summed E-state index contributed by atoms with van der Waals surface area (Å²) in [7, 11) is 0. The zero-order valence-electron chi connectivity index (χ0n) is 10.6. The molecule has 0 bridgehead atoms. The summed E-state index contributed by atoms with van der Waals surface area (Å²) in [5, 5.41) is 2.66. The Bertz CT molecular complexity index is 417. The van der Waals surface area contributed by atoms with Crippen LogP contribution in [0.2, 0.25) is 0 Å². The Hall–Kier alpha value is -2.04. The van der Waals surface area contributed by atoms with E-state index in [0.29, 0.717) is 18.0 Å². The summed E-state index contributed by atoms with van der Waals surface area (Å²) >= 11 is 0. The first-order chi connectivity index (χ1) is 8.63. The van der Waals surface area contributed by atoms with Crippen LogP contribution in [0.1, 0.15) is 20.3 Å². The number of carbonyl (C=O) groups is 2. The summed E-state index contributed by atoms with van der Waals surface area (Å²) in [6, 6.07) is 7.06. The van der Waals surface area contributed by atoms with Crippen molar-refractivity contribution in [2.75, 3.05) is 18.5 Å². The summed E-state index contributed by atoms with van der Waals surface area (Å²) in [5.74, 6) is 0.0722. The molecular weight excluding hydrogens is 234 g/mol. The second-order valence-electron chi connectivity index (χ2n) is 3.58. The monoisotopic (exact) mass is 251 g/mol. The van der Waals surface area contributed by atoms with Crippen LogP contribution in [0.25, 0.3) is 0 Å². The number of esters is 1. The van der Waals surface area contributed by atoms with E-state index in [1.165, 1.54) is 6.92 Å². The van der Waals surface area contributed by atoms with Gasteiger partial charge in [-0.2, -0.15) is 0 Å². The van der Waals surface area contributed by atoms with Crippen LogP contribution in [0.4, 0.5) is 5.69 Å². The lowest BCUT2D eigenvalue weighted by atomic mass is 10.3. The Morgan fingerprint density at radius 2 is 2.00 bits per heavy atom. The zero-order valence-corrected chi connectivity index (χ0v) is 10.6. The van der Waals surface area contributed by atoms with Gasteiger partial charge in [0.2, 0.25) is 5.91 Å². The molecule has 1 aromatic carbocycles. The van der Waals surface area contributed by atoms with Crippen molar-refractivity contribution in [2.45, 2.75) is 20.3 Å². The first-order valence-corrected chi connectivity index (χ1v) is 5.78. The molecule has 5 nitrogen and oxygen atoms in total. The average molecular weight is 251 g/mol. The first-order valence-electron chi connectivity index (χ1n) is 5.78. The molecule has 0 unspecified atom stereocenters. The van der Waals surface area contributed by atoms with Gasteiger partial charge in [0.1, 0.15) is 5.75 Å². The predicted molar refractivity (Wildman–Crippen MR) is 67.5 cm³/mol. The van der Waals surface area contributed by atoms with Gasteiger partial charge in [-0.3, -0.25) is 9.59 Å². The van der Waals surface area contributed by atoms with Crippen molar-refractivity contribution in [3.63, 3.8) is 0 Å². The quantitative estimate of drug-likeness (QED) is 0.785. The molecule has 1 amide bonds. The normalized spacial score (nSPS) is 9.67. The maximum atomic E-state index is 11.1. The highest BCUT2D eigenvalue weighted by molar-refractivity contribution is 5.90. The fourth-order valence-electron chi connectivity index (χ4n) is 1.36.